The lowest BCUT2D eigenvalue weighted by molar-refractivity contribution is 0.563. The van der Waals surface area contributed by atoms with E-state index in [0.717, 1.165) is 9.75 Å². The Morgan fingerprint density at radius 1 is 1.45 bits per heavy atom. The van der Waals surface area contributed by atoms with Crippen LogP contribution in [0.5, 0.6) is 0 Å². The molecule has 0 fully saturated rings. The first-order valence-electron chi connectivity index (χ1n) is 5.78. The van der Waals surface area contributed by atoms with Crippen LogP contribution in [0.4, 0.5) is 0 Å². The summed E-state index contributed by atoms with van der Waals surface area (Å²) in [5.41, 5.74) is 5.30. The third-order valence-corrected chi connectivity index (χ3v) is 4.94. The SMILES string of the molecule is Cn1nccc1S(=O)(=O)NCc1ccc(C#CCN)s1. The summed E-state index contributed by atoms with van der Waals surface area (Å²) in [6.07, 6.45) is 1.44. The van der Waals surface area contributed by atoms with E-state index in [2.05, 4.69) is 21.7 Å². The molecule has 2 aromatic rings. The van der Waals surface area contributed by atoms with E-state index in [1.54, 1.807) is 7.05 Å². The van der Waals surface area contributed by atoms with Gasteiger partial charge in [0.1, 0.15) is 0 Å². The molecule has 0 saturated heterocycles. The second-order valence-electron chi connectivity index (χ2n) is 3.89. The molecule has 6 nitrogen and oxygen atoms in total. The van der Waals surface area contributed by atoms with Crippen LogP contribution < -0.4 is 10.5 Å². The fraction of sp³-hybridized carbons (Fsp3) is 0.250. The van der Waals surface area contributed by atoms with Crippen molar-refractivity contribution in [1.29, 1.82) is 0 Å². The van der Waals surface area contributed by atoms with Crippen LogP contribution in [0.2, 0.25) is 0 Å². The van der Waals surface area contributed by atoms with E-state index in [0.29, 0.717) is 6.54 Å². The molecule has 0 amide bonds. The van der Waals surface area contributed by atoms with E-state index >= 15 is 0 Å². The Kier molecular flexibility index (Phi) is 4.57. The van der Waals surface area contributed by atoms with Gasteiger partial charge in [-0.3, -0.25) is 4.68 Å². The number of aromatic nitrogens is 2. The molecule has 0 aliphatic heterocycles. The zero-order valence-electron chi connectivity index (χ0n) is 10.8. The molecule has 0 radical (unpaired) electrons. The largest absolute Gasteiger partial charge is 0.320 e. The maximum absolute atomic E-state index is 12.1. The average molecular weight is 310 g/mol. The zero-order chi connectivity index (χ0) is 14.6. The molecule has 20 heavy (non-hydrogen) atoms. The first-order chi connectivity index (χ1) is 9.53. The van der Waals surface area contributed by atoms with Crippen molar-refractivity contribution in [3.8, 4) is 11.8 Å². The van der Waals surface area contributed by atoms with Crippen LogP contribution in [-0.4, -0.2) is 24.7 Å². The van der Waals surface area contributed by atoms with Gasteiger partial charge in [0.15, 0.2) is 5.03 Å². The first-order valence-corrected chi connectivity index (χ1v) is 8.08. The predicted octanol–water partition coefficient (Wildman–Crippen LogP) is 0.270. The van der Waals surface area contributed by atoms with E-state index in [-0.39, 0.29) is 11.6 Å². The van der Waals surface area contributed by atoms with Crippen molar-refractivity contribution in [3.63, 3.8) is 0 Å². The smallest absolute Gasteiger partial charge is 0.258 e. The summed E-state index contributed by atoms with van der Waals surface area (Å²) in [6, 6.07) is 5.15. The van der Waals surface area contributed by atoms with Crippen LogP contribution in [0.1, 0.15) is 9.75 Å². The number of hydrogen-bond donors (Lipinski definition) is 2. The molecular weight excluding hydrogens is 296 g/mol. The lowest BCUT2D eigenvalue weighted by Crippen LogP contribution is -2.24. The van der Waals surface area contributed by atoms with Gasteiger partial charge in [-0.25, -0.2) is 13.1 Å². The summed E-state index contributed by atoms with van der Waals surface area (Å²) in [5, 5.41) is 3.98. The fourth-order valence-electron chi connectivity index (χ4n) is 1.54. The van der Waals surface area contributed by atoms with Crippen molar-refractivity contribution < 1.29 is 8.42 Å². The highest BCUT2D eigenvalue weighted by atomic mass is 32.2. The normalized spacial score (nSPS) is 11.1. The molecule has 3 N–H and O–H groups in total. The summed E-state index contributed by atoms with van der Waals surface area (Å²) in [7, 11) is -1.97. The summed E-state index contributed by atoms with van der Waals surface area (Å²) >= 11 is 1.44. The molecule has 0 aliphatic carbocycles. The third-order valence-electron chi connectivity index (χ3n) is 2.46. The molecule has 2 rings (SSSR count). The first kappa shape index (κ1) is 14.7. The Morgan fingerprint density at radius 3 is 2.90 bits per heavy atom. The van der Waals surface area contributed by atoms with Crippen LogP contribution in [0.25, 0.3) is 0 Å². The maximum atomic E-state index is 12.1. The number of thiophene rings is 1. The predicted molar refractivity (Wildman–Crippen MR) is 77.5 cm³/mol. The molecule has 2 aromatic heterocycles. The van der Waals surface area contributed by atoms with Crippen molar-refractivity contribution in [2.75, 3.05) is 6.54 Å². The number of aryl methyl sites for hydroxylation is 1. The molecule has 0 spiro atoms. The van der Waals surface area contributed by atoms with Crippen LogP contribution in [0, 0.1) is 11.8 Å². The lowest BCUT2D eigenvalue weighted by atomic mass is 10.4. The van der Waals surface area contributed by atoms with Crippen molar-refractivity contribution in [2.45, 2.75) is 11.6 Å². The second kappa shape index (κ2) is 6.19. The summed E-state index contributed by atoms with van der Waals surface area (Å²) in [4.78, 5) is 1.75. The van der Waals surface area contributed by atoms with E-state index in [1.807, 2.05) is 12.1 Å². The van der Waals surface area contributed by atoms with E-state index < -0.39 is 10.0 Å². The van der Waals surface area contributed by atoms with Gasteiger partial charge in [0.25, 0.3) is 10.0 Å². The highest BCUT2D eigenvalue weighted by Crippen LogP contribution is 2.16. The number of rotatable bonds is 4. The van der Waals surface area contributed by atoms with Gasteiger partial charge < -0.3 is 5.73 Å². The fourth-order valence-corrected chi connectivity index (χ4v) is 3.59. The standard InChI is InChI=1S/C12H14N4O2S2/c1-16-12(6-8-14-16)20(17,18)15-9-11-5-4-10(19-11)3-2-7-13/h4-6,8,15H,7,9,13H2,1H3. The topological polar surface area (TPSA) is 90.0 Å². The van der Waals surface area contributed by atoms with Gasteiger partial charge in [-0.05, 0) is 18.2 Å². The van der Waals surface area contributed by atoms with Crippen molar-refractivity contribution >= 4 is 21.4 Å². The molecule has 0 atom stereocenters. The van der Waals surface area contributed by atoms with E-state index in [1.165, 1.54) is 28.3 Å². The Bertz CT molecular complexity index is 750. The summed E-state index contributed by atoms with van der Waals surface area (Å²) < 4.78 is 28.0. The van der Waals surface area contributed by atoms with E-state index in [4.69, 9.17) is 5.73 Å². The van der Waals surface area contributed by atoms with Gasteiger partial charge in [0.05, 0.1) is 17.6 Å². The number of hydrogen-bond acceptors (Lipinski definition) is 5. The lowest BCUT2D eigenvalue weighted by Gasteiger charge is -2.05. The van der Waals surface area contributed by atoms with Crippen molar-refractivity contribution in [3.05, 3.63) is 34.2 Å². The minimum absolute atomic E-state index is 0.136. The monoisotopic (exact) mass is 310 g/mol. The molecule has 106 valence electrons. The molecule has 0 aliphatic rings. The number of nitrogens with zero attached hydrogens (tertiary/aromatic N) is 2. The molecular formula is C12H14N4O2S2. The van der Waals surface area contributed by atoms with Gasteiger partial charge in [-0.1, -0.05) is 11.8 Å². The van der Waals surface area contributed by atoms with Crippen molar-refractivity contribution in [2.24, 2.45) is 12.8 Å². The van der Waals surface area contributed by atoms with Gasteiger partial charge in [-0.15, -0.1) is 11.3 Å². The molecule has 2 heterocycles. The third kappa shape index (κ3) is 3.46. The summed E-state index contributed by atoms with van der Waals surface area (Å²) in [5.74, 6) is 5.67. The molecule has 8 heteroatoms. The highest BCUT2D eigenvalue weighted by Gasteiger charge is 2.17. The Hall–Kier alpha value is -1.66. The maximum Gasteiger partial charge on any atom is 0.258 e. The van der Waals surface area contributed by atoms with Gasteiger partial charge >= 0.3 is 0 Å². The van der Waals surface area contributed by atoms with Crippen LogP contribution in [0.15, 0.2) is 29.4 Å². The number of sulfonamides is 1. The number of nitrogens with two attached hydrogens (primary N) is 1. The Labute approximate surface area is 121 Å². The van der Waals surface area contributed by atoms with Gasteiger partial charge in [0.2, 0.25) is 0 Å². The molecule has 0 unspecified atom stereocenters. The minimum atomic E-state index is -3.55. The van der Waals surface area contributed by atoms with Crippen molar-refractivity contribution in [1.82, 2.24) is 14.5 Å². The van der Waals surface area contributed by atoms with Gasteiger partial charge in [0, 0.05) is 18.5 Å². The molecule has 0 bridgehead atoms. The zero-order valence-corrected chi connectivity index (χ0v) is 12.5. The second-order valence-corrected chi connectivity index (χ2v) is 6.77. The minimum Gasteiger partial charge on any atom is -0.320 e. The Balaban J connectivity index is 2.05. The highest BCUT2D eigenvalue weighted by molar-refractivity contribution is 7.89. The van der Waals surface area contributed by atoms with Crippen LogP contribution in [-0.2, 0) is 23.6 Å². The van der Waals surface area contributed by atoms with Crippen LogP contribution in [0.3, 0.4) is 0 Å². The number of nitrogens with one attached hydrogen (secondary N) is 1. The quantitative estimate of drug-likeness (QED) is 0.793. The average Bonchev–Trinajstić information content (AvgIpc) is 3.03. The molecule has 0 aromatic carbocycles. The van der Waals surface area contributed by atoms with Gasteiger partial charge in [-0.2, -0.15) is 5.10 Å². The van der Waals surface area contributed by atoms with Crippen LogP contribution >= 0.6 is 11.3 Å². The van der Waals surface area contributed by atoms with E-state index in [9.17, 15) is 8.42 Å². The molecule has 0 saturated carbocycles. The summed E-state index contributed by atoms with van der Waals surface area (Å²) in [6.45, 7) is 0.531. The Morgan fingerprint density at radius 2 is 2.25 bits per heavy atom.